The van der Waals surface area contributed by atoms with Gasteiger partial charge in [0.15, 0.2) is 5.96 Å². The monoisotopic (exact) mass is 526 g/mol. The third kappa shape index (κ3) is 6.69. The Hall–Kier alpha value is -0.670. The van der Waals surface area contributed by atoms with E-state index >= 15 is 0 Å². The van der Waals surface area contributed by atoms with E-state index in [1.807, 2.05) is 30.0 Å². The summed E-state index contributed by atoms with van der Waals surface area (Å²) in [5.74, 6) is 0.818. The first-order valence-corrected chi connectivity index (χ1v) is 10.2. The Morgan fingerprint density at radius 2 is 2.04 bits per heavy atom. The van der Waals surface area contributed by atoms with Gasteiger partial charge in [-0.2, -0.15) is 0 Å². The first-order valence-electron chi connectivity index (χ1n) is 9.82. The Balaban J connectivity index is 0.00000280. The molecular formula is C20H30ClF2IN4. The van der Waals surface area contributed by atoms with E-state index in [0.29, 0.717) is 13.1 Å². The van der Waals surface area contributed by atoms with Gasteiger partial charge in [-0.15, -0.1) is 24.0 Å². The standard InChI is InChI=1S/C20H29ClF2N4.HI/c1-2-24-19(26-17-6-10-27(11-7-17)13-18(22)23)25-14-20(8-9-20)15-4-3-5-16(21)12-15;/h3-5,12,17-18H,2,6-11,13-14H2,1H3,(H2,24,25,26);1H. The van der Waals surface area contributed by atoms with Crippen molar-refractivity contribution in [1.29, 1.82) is 0 Å². The summed E-state index contributed by atoms with van der Waals surface area (Å²) >= 11 is 6.15. The van der Waals surface area contributed by atoms with Gasteiger partial charge in [-0.25, -0.2) is 8.78 Å². The molecule has 2 fully saturated rings. The van der Waals surface area contributed by atoms with Gasteiger partial charge in [-0.3, -0.25) is 9.89 Å². The average molecular weight is 527 g/mol. The molecule has 1 aromatic rings. The predicted molar refractivity (Wildman–Crippen MR) is 122 cm³/mol. The molecule has 8 heteroatoms. The maximum atomic E-state index is 12.5. The smallest absolute Gasteiger partial charge is 0.251 e. The fourth-order valence-corrected chi connectivity index (χ4v) is 3.90. The summed E-state index contributed by atoms with van der Waals surface area (Å²) in [6.45, 7) is 4.85. The molecule has 4 nitrogen and oxygen atoms in total. The number of guanidine groups is 1. The van der Waals surface area contributed by atoms with Crippen molar-refractivity contribution in [2.75, 3.05) is 32.7 Å². The molecule has 3 rings (SSSR count). The zero-order valence-electron chi connectivity index (χ0n) is 16.3. The van der Waals surface area contributed by atoms with Crippen molar-refractivity contribution in [3.8, 4) is 0 Å². The number of benzene rings is 1. The maximum Gasteiger partial charge on any atom is 0.251 e. The number of likely N-dealkylation sites (tertiary alicyclic amines) is 1. The molecule has 1 saturated carbocycles. The maximum absolute atomic E-state index is 12.5. The van der Waals surface area contributed by atoms with Crippen LogP contribution >= 0.6 is 35.6 Å². The second-order valence-electron chi connectivity index (χ2n) is 7.60. The number of nitrogens with one attached hydrogen (secondary N) is 2. The number of nitrogens with zero attached hydrogens (tertiary/aromatic N) is 2. The molecule has 2 aliphatic rings. The van der Waals surface area contributed by atoms with Crippen molar-refractivity contribution in [1.82, 2.24) is 15.5 Å². The Morgan fingerprint density at radius 1 is 1.32 bits per heavy atom. The van der Waals surface area contributed by atoms with Gasteiger partial charge in [0.05, 0.1) is 13.1 Å². The van der Waals surface area contributed by atoms with Crippen LogP contribution in [0.3, 0.4) is 0 Å². The molecule has 1 aromatic carbocycles. The number of alkyl halides is 2. The normalized spacial score (nSPS) is 20.0. The lowest BCUT2D eigenvalue weighted by Gasteiger charge is -2.32. The van der Waals surface area contributed by atoms with Crippen LogP contribution in [0.15, 0.2) is 29.3 Å². The topological polar surface area (TPSA) is 39.7 Å². The molecule has 0 atom stereocenters. The van der Waals surface area contributed by atoms with Crippen LogP contribution in [0.25, 0.3) is 0 Å². The zero-order chi connectivity index (χ0) is 19.3. The van der Waals surface area contributed by atoms with Gasteiger partial charge in [-0.05, 0) is 50.3 Å². The molecule has 0 radical (unpaired) electrons. The highest BCUT2D eigenvalue weighted by Crippen LogP contribution is 2.48. The van der Waals surface area contributed by atoms with Crippen LogP contribution in [0, 0.1) is 0 Å². The molecule has 0 amide bonds. The molecule has 1 saturated heterocycles. The number of rotatable bonds is 7. The zero-order valence-corrected chi connectivity index (χ0v) is 19.4. The third-order valence-corrected chi connectivity index (χ3v) is 5.73. The van der Waals surface area contributed by atoms with Crippen LogP contribution in [0.5, 0.6) is 0 Å². The number of hydrogen-bond donors (Lipinski definition) is 2. The molecule has 0 aromatic heterocycles. The van der Waals surface area contributed by atoms with Crippen LogP contribution in [-0.2, 0) is 5.41 Å². The van der Waals surface area contributed by atoms with Crippen LogP contribution in [0.4, 0.5) is 8.78 Å². The summed E-state index contributed by atoms with van der Waals surface area (Å²) in [6, 6.07) is 8.35. The van der Waals surface area contributed by atoms with Gasteiger partial charge in [0.25, 0.3) is 6.43 Å². The van der Waals surface area contributed by atoms with E-state index in [2.05, 4.69) is 16.7 Å². The lowest BCUT2D eigenvalue weighted by atomic mass is 9.96. The molecule has 0 spiro atoms. The minimum atomic E-state index is -2.25. The molecule has 2 N–H and O–H groups in total. The molecule has 28 heavy (non-hydrogen) atoms. The summed E-state index contributed by atoms with van der Waals surface area (Å²) < 4.78 is 25.0. The second kappa shape index (κ2) is 10.9. The highest BCUT2D eigenvalue weighted by Gasteiger charge is 2.44. The fourth-order valence-electron chi connectivity index (χ4n) is 3.71. The molecular weight excluding hydrogens is 497 g/mol. The van der Waals surface area contributed by atoms with E-state index in [9.17, 15) is 8.78 Å². The highest BCUT2D eigenvalue weighted by molar-refractivity contribution is 14.0. The summed E-state index contributed by atoms with van der Waals surface area (Å²) in [5.41, 5.74) is 1.36. The number of hydrogen-bond acceptors (Lipinski definition) is 2. The summed E-state index contributed by atoms with van der Waals surface area (Å²) in [5, 5.41) is 7.58. The first kappa shape index (κ1) is 23.6. The molecule has 1 aliphatic heterocycles. The van der Waals surface area contributed by atoms with E-state index in [-0.39, 0.29) is 42.0 Å². The molecule has 1 heterocycles. The van der Waals surface area contributed by atoms with Crippen molar-refractivity contribution in [3.63, 3.8) is 0 Å². The summed E-state index contributed by atoms with van der Waals surface area (Å²) in [7, 11) is 0. The Morgan fingerprint density at radius 3 is 2.61 bits per heavy atom. The average Bonchev–Trinajstić information content (AvgIpc) is 3.42. The third-order valence-electron chi connectivity index (χ3n) is 5.50. The minimum absolute atomic E-state index is 0. The summed E-state index contributed by atoms with van der Waals surface area (Å²) in [6.07, 6.45) is 1.71. The van der Waals surface area contributed by atoms with E-state index < -0.39 is 6.43 Å². The number of aliphatic imine (C=N–C) groups is 1. The van der Waals surface area contributed by atoms with Gasteiger partial charge in [0, 0.05) is 36.1 Å². The Kier molecular flexibility index (Phi) is 9.21. The molecule has 1 aliphatic carbocycles. The second-order valence-corrected chi connectivity index (χ2v) is 8.03. The van der Waals surface area contributed by atoms with Crippen molar-refractivity contribution in [3.05, 3.63) is 34.9 Å². The van der Waals surface area contributed by atoms with Gasteiger partial charge in [0.2, 0.25) is 0 Å². The quantitative estimate of drug-likeness (QED) is 0.317. The van der Waals surface area contributed by atoms with Gasteiger partial charge < -0.3 is 10.6 Å². The van der Waals surface area contributed by atoms with Gasteiger partial charge in [-0.1, -0.05) is 23.7 Å². The van der Waals surface area contributed by atoms with Crippen LogP contribution in [0.1, 0.15) is 38.2 Å². The van der Waals surface area contributed by atoms with Gasteiger partial charge in [0.1, 0.15) is 0 Å². The van der Waals surface area contributed by atoms with Crippen molar-refractivity contribution in [2.24, 2.45) is 4.99 Å². The van der Waals surface area contributed by atoms with E-state index in [0.717, 1.165) is 49.8 Å². The van der Waals surface area contributed by atoms with Crippen molar-refractivity contribution >= 4 is 41.5 Å². The lowest BCUT2D eigenvalue weighted by Crippen LogP contribution is -2.49. The predicted octanol–water partition coefficient (Wildman–Crippen LogP) is 4.27. The van der Waals surface area contributed by atoms with E-state index in [4.69, 9.17) is 16.6 Å². The van der Waals surface area contributed by atoms with Gasteiger partial charge >= 0.3 is 0 Å². The molecule has 158 valence electrons. The molecule has 0 bridgehead atoms. The molecule has 0 unspecified atom stereocenters. The van der Waals surface area contributed by atoms with Crippen LogP contribution in [0.2, 0.25) is 5.02 Å². The Labute approximate surface area is 188 Å². The van der Waals surface area contributed by atoms with Crippen LogP contribution in [-0.4, -0.2) is 56.1 Å². The van der Waals surface area contributed by atoms with E-state index in [1.165, 1.54) is 5.56 Å². The van der Waals surface area contributed by atoms with Crippen LogP contribution < -0.4 is 10.6 Å². The van der Waals surface area contributed by atoms with Crippen molar-refractivity contribution < 1.29 is 8.78 Å². The highest BCUT2D eigenvalue weighted by atomic mass is 127. The van der Waals surface area contributed by atoms with E-state index in [1.54, 1.807) is 0 Å². The minimum Gasteiger partial charge on any atom is -0.357 e. The lowest BCUT2D eigenvalue weighted by molar-refractivity contribution is 0.0744. The fraction of sp³-hybridized carbons (Fsp3) is 0.650. The number of halogens is 4. The summed E-state index contributed by atoms with van der Waals surface area (Å²) in [4.78, 5) is 6.67. The largest absolute Gasteiger partial charge is 0.357 e. The van der Waals surface area contributed by atoms with Crippen molar-refractivity contribution in [2.45, 2.75) is 50.5 Å². The first-order chi connectivity index (χ1) is 13.0. The Bertz CT molecular complexity index is 647. The number of piperidine rings is 1. The SMILES string of the molecule is CCNC(=NCC1(c2cccc(Cl)c2)CC1)NC1CCN(CC(F)F)CC1.I.